The van der Waals surface area contributed by atoms with Crippen LogP contribution in [0.4, 0.5) is 5.69 Å². The maximum Gasteiger partial charge on any atom is 0.239 e. The molecule has 0 saturated heterocycles. The quantitative estimate of drug-likeness (QED) is 0.750. The van der Waals surface area contributed by atoms with E-state index in [2.05, 4.69) is 44.7 Å². The molecule has 5 heteroatoms. The summed E-state index contributed by atoms with van der Waals surface area (Å²) in [5.41, 5.74) is 0.967. The fourth-order valence-corrected chi connectivity index (χ4v) is 2.66. The minimum absolute atomic E-state index is 0.0232. The molecule has 2 N–H and O–H groups in total. The molecule has 1 aromatic carbocycles. The molecular weight excluding hydrogens is 371 g/mol. The average Bonchev–Trinajstić information content (AvgIpc) is 2.91. The van der Waals surface area contributed by atoms with Crippen molar-refractivity contribution in [3.05, 3.63) is 50.2 Å². The summed E-state index contributed by atoms with van der Waals surface area (Å²) in [6.45, 7) is 0.999. The fraction of sp³-hybridized carbons (Fsp3) is 0.214. The van der Waals surface area contributed by atoms with Gasteiger partial charge in [-0.3, -0.25) is 4.79 Å². The number of halogens is 1. The van der Waals surface area contributed by atoms with Crippen LogP contribution in [-0.4, -0.2) is 19.0 Å². The van der Waals surface area contributed by atoms with Gasteiger partial charge < -0.3 is 10.6 Å². The third-order valence-electron chi connectivity index (χ3n) is 2.57. The van der Waals surface area contributed by atoms with Crippen LogP contribution in [0.5, 0.6) is 0 Å². The van der Waals surface area contributed by atoms with Crippen LogP contribution in [0.2, 0.25) is 0 Å². The lowest BCUT2D eigenvalue weighted by Crippen LogP contribution is -2.31. The number of benzene rings is 1. The summed E-state index contributed by atoms with van der Waals surface area (Å²) < 4.78 is 1.18. The van der Waals surface area contributed by atoms with Crippen molar-refractivity contribution in [2.24, 2.45) is 0 Å². The predicted molar refractivity (Wildman–Crippen MR) is 88.7 cm³/mol. The Morgan fingerprint density at radius 3 is 2.68 bits per heavy atom. The summed E-state index contributed by atoms with van der Waals surface area (Å²) in [4.78, 5) is 12.9. The predicted octanol–water partition coefficient (Wildman–Crippen LogP) is 3.12. The number of carbonyl (C=O) groups is 1. The maximum absolute atomic E-state index is 11.6. The van der Waals surface area contributed by atoms with Gasteiger partial charge in [0.25, 0.3) is 0 Å². The van der Waals surface area contributed by atoms with E-state index >= 15 is 0 Å². The third-order valence-corrected chi connectivity index (χ3v) is 4.23. The number of thiophene rings is 1. The second-order valence-electron chi connectivity index (χ2n) is 4.04. The highest BCUT2D eigenvalue weighted by molar-refractivity contribution is 14.1. The monoisotopic (exact) mass is 386 g/mol. The van der Waals surface area contributed by atoms with Gasteiger partial charge in [-0.2, -0.15) is 0 Å². The van der Waals surface area contributed by atoms with E-state index in [0.29, 0.717) is 13.1 Å². The van der Waals surface area contributed by atoms with E-state index in [9.17, 15) is 4.79 Å². The van der Waals surface area contributed by atoms with Crippen molar-refractivity contribution >= 4 is 45.5 Å². The zero-order chi connectivity index (χ0) is 13.5. The maximum atomic E-state index is 11.6. The van der Waals surface area contributed by atoms with Crippen molar-refractivity contribution in [1.82, 2.24) is 5.32 Å². The van der Waals surface area contributed by atoms with Crippen molar-refractivity contribution in [3.8, 4) is 0 Å². The molecule has 2 rings (SSSR count). The summed E-state index contributed by atoms with van der Waals surface area (Å²) >= 11 is 3.97. The molecule has 0 unspecified atom stereocenters. The smallest absolute Gasteiger partial charge is 0.239 e. The van der Waals surface area contributed by atoms with Gasteiger partial charge in [-0.15, -0.1) is 11.3 Å². The molecule has 1 aromatic heterocycles. The van der Waals surface area contributed by atoms with E-state index in [1.54, 1.807) is 11.3 Å². The van der Waals surface area contributed by atoms with Gasteiger partial charge in [0.15, 0.2) is 0 Å². The topological polar surface area (TPSA) is 41.1 Å². The minimum atomic E-state index is 0.0232. The number of amides is 1. The summed E-state index contributed by atoms with van der Waals surface area (Å²) in [5.74, 6) is 0.0232. The zero-order valence-electron chi connectivity index (χ0n) is 10.4. The molecule has 0 radical (unpaired) electrons. The highest BCUT2D eigenvalue weighted by Gasteiger charge is 2.01. The van der Waals surface area contributed by atoms with E-state index in [4.69, 9.17) is 0 Å². The van der Waals surface area contributed by atoms with Crippen LogP contribution in [0, 0.1) is 3.57 Å². The van der Waals surface area contributed by atoms with Gasteiger partial charge in [-0.1, -0.05) is 6.07 Å². The molecule has 0 spiro atoms. The van der Waals surface area contributed by atoms with Crippen molar-refractivity contribution < 1.29 is 4.79 Å². The SMILES string of the molecule is O=C(CNc1ccc(I)cc1)NCCc1cccs1. The first-order valence-electron chi connectivity index (χ1n) is 6.02. The molecule has 2 aromatic rings. The Kier molecular flexibility index (Phi) is 5.65. The van der Waals surface area contributed by atoms with Gasteiger partial charge in [0, 0.05) is 20.7 Å². The van der Waals surface area contributed by atoms with E-state index in [1.165, 1.54) is 8.45 Å². The molecule has 0 saturated carbocycles. The van der Waals surface area contributed by atoms with Crippen LogP contribution >= 0.6 is 33.9 Å². The van der Waals surface area contributed by atoms with Crippen LogP contribution in [0.15, 0.2) is 41.8 Å². The minimum Gasteiger partial charge on any atom is -0.376 e. The van der Waals surface area contributed by atoms with Crippen LogP contribution in [0.25, 0.3) is 0 Å². The van der Waals surface area contributed by atoms with Gasteiger partial charge in [0.1, 0.15) is 0 Å². The molecule has 3 nitrogen and oxygen atoms in total. The normalized spacial score (nSPS) is 10.2. The van der Waals surface area contributed by atoms with Crippen molar-refractivity contribution in [2.45, 2.75) is 6.42 Å². The lowest BCUT2D eigenvalue weighted by Gasteiger charge is -2.07. The van der Waals surface area contributed by atoms with Crippen molar-refractivity contribution in [3.63, 3.8) is 0 Å². The number of nitrogens with one attached hydrogen (secondary N) is 2. The molecule has 0 fully saturated rings. The lowest BCUT2D eigenvalue weighted by molar-refractivity contribution is -0.119. The first kappa shape index (κ1) is 14.3. The highest BCUT2D eigenvalue weighted by Crippen LogP contribution is 2.10. The first-order valence-corrected chi connectivity index (χ1v) is 7.98. The van der Waals surface area contributed by atoms with Gasteiger partial charge in [-0.25, -0.2) is 0 Å². The van der Waals surface area contributed by atoms with Gasteiger partial charge >= 0.3 is 0 Å². The Labute approximate surface area is 130 Å². The number of anilines is 1. The van der Waals surface area contributed by atoms with Gasteiger partial charge in [-0.05, 0) is 64.7 Å². The van der Waals surface area contributed by atoms with E-state index < -0.39 is 0 Å². The highest BCUT2D eigenvalue weighted by atomic mass is 127. The molecule has 0 atom stereocenters. The summed E-state index contributed by atoms with van der Waals surface area (Å²) in [6, 6.07) is 12.1. The van der Waals surface area contributed by atoms with Crippen LogP contribution < -0.4 is 10.6 Å². The number of hydrogen-bond acceptors (Lipinski definition) is 3. The second kappa shape index (κ2) is 7.49. The van der Waals surface area contributed by atoms with Gasteiger partial charge in [0.05, 0.1) is 6.54 Å². The Balaban J connectivity index is 1.65. The first-order chi connectivity index (χ1) is 9.24. The molecule has 0 aliphatic heterocycles. The molecule has 0 bridgehead atoms. The standard InChI is InChI=1S/C14H15IN2OS/c15-11-3-5-12(6-4-11)17-10-14(18)16-8-7-13-2-1-9-19-13/h1-6,9,17H,7-8,10H2,(H,16,18). The third kappa shape index (κ3) is 5.20. The van der Waals surface area contributed by atoms with Crippen molar-refractivity contribution in [2.75, 3.05) is 18.4 Å². The van der Waals surface area contributed by atoms with Crippen LogP contribution in [0.3, 0.4) is 0 Å². The van der Waals surface area contributed by atoms with E-state index in [1.807, 2.05) is 30.3 Å². The van der Waals surface area contributed by atoms with Gasteiger partial charge in [0.2, 0.25) is 5.91 Å². The molecule has 1 heterocycles. The lowest BCUT2D eigenvalue weighted by atomic mass is 10.3. The molecule has 19 heavy (non-hydrogen) atoms. The van der Waals surface area contributed by atoms with Crippen LogP contribution in [-0.2, 0) is 11.2 Å². The molecule has 0 aliphatic rings. The van der Waals surface area contributed by atoms with E-state index in [-0.39, 0.29) is 5.91 Å². The summed E-state index contributed by atoms with van der Waals surface area (Å²) in [7, 11) is 0. The Morgan fingerprint density at radius 2 is 2.00 bits per heavy atom. The zero-order valence-corrected chi connectivity index (χ0v) is 13.3. The Hall–Kier alpha value is -1.08. The average molecular weight is 386 g/mol. The number of hydrogen-bond donors (Lipinski definition) is 2. The van der Waals surface area contributed by atoms with Crippen LogP contribution in [0.1, 0.15) is 4.88 Å². The summed E-state index contributed by atoms with van der Waals surface area (Å²) in [5, 5.41) is 8.06. The molecule has 100 valence electrons. The Bertz CT molecular complexity index is 511. The molecule has 0 aliphatic carbocycles. The number of rotatable bonds is 6. The molecular formula is C14H15IN2OS. The summed E-state index contributed by atoms with van der Waals surface area (Å²) in [6.07, 6.45) is 0.896. The largest absolute Gasteiger partial charge is 0.376 e. The Morgan fingerprint density at radius 1 is 1.21 bits per heavy atom. The second-order valence-corrected chi connectivity index (χ2v) is 6.32. The van der Waals surface area contributed by atoms with E-state index in [0.717, 1.165) is 12.1 Å². The fourth-order valence-electron chi connectivity index (χ4n) is 1.59. The molecule has 1 amide bonds. The van der Waals surface area contributed by atoms with Crippen molar-refractivity contribution in [1.29, 1.82) is 0 Å². The number of carbonyl (C=O) groups excluding carboxylic acids is 1.